The molecule has 0 bridgehead atoms. The summed E-state index contributed by atoms with van der Waals surface area (Å²) < 4.78 is 13.5. The summed E-state index contributed by atoms with van der Waals surface area (Å²) in [6.07, 6.45) is 0. The van der Waals surface area contributed by atoms with Crippen LogP contribution in [0.5, 0.6) is 11.5 Å². The zero-order chi connectivity index (χ0) is 15.6. The van der Waals surface area contributed by atoms with Crippen LogP contribution in [0.3, 0.4) is 0 Å². The van der Waals surface area contributed by atoms with Gasteiger partial charge in [-0.3, -0.25) is 4.79 Å². The zero-order valence-corrected chi connectivity index (χ0v) is 10.5. The van der Waals surface area contributed by atoms with Crippen molar-refractivity contribution in [3.05, 3.63) is 53.3 Å². The first kappa shape index (κ1) is 14.3. The van der Waals surface area contributed by atoms with Crippen molar-refractivity contribution >= 4 is 17.6 Å². The van der Waals surface area contributed by atoms with Crippen molar-refractivity contribution in [1.82, 2.24) is 0 Å². The summed E-state index contributed by atoms with van der Waals surface area (Å²) in [4.78, 5) is 22.6. The smallest absolute Gasteiger partial charge is 0.339 e. The largest absolute Gasteiger partial charge is 0.508 e. The topological polar surface area (TPSA) is 107 Å². The standard InChI is InChI=1S/C14H10FNO5/c15-11-6-8(17)2-4-9(11)13(19)16-7-1-3-10(14(20)21)12(18)5-7/h1-6,17-18H,(H,16,19)(H,20,21). The lowest BCUT2D eigenvalue weighted by molar-refractivity contribution is 0.0693. The second kappa shape index (κ2) is 5.49. The molecule has 0 aliphatic heterocycles. The van der Waals surface area contributed by atoms with E-state index in [-0.39, 0.29) is 22.6 Å². The molecule has 0 aromatic heterocycles. The number of aromatic hydroxyl groups is 2. The maximum atomic E-state index is 13.5. The highest BCUT2D eigenvalue weighted by atomic mass is 19.1. The summed E-state index contributed by atoms with van der Waals surface area (Å²) in [5, 5.41) is 29.6. The number of nitrogens with one attached hydrogen (secondary N) is 1. The molecular formula is C14H10FNO5. The number of carboxylic acids is 1. The van der Waals surface area contributed by atoms with Crippen molar-refractivity contribution < 1.29 is 29.3 Å². The van der Waals surface area contributed by atoms with Crippen LogP contribution in [0.15, 0.2) is 36.4 Å². The molecule has 0 heterocycles. The van der Waals surface area contributed by atoms with Crippen LogP contribution < -0.4 is 5.32 Å². The molecule has 0 radical (unpaired) electrons. The summed E-state index contributed by atoms with van der Waals surface area (Å²) in [6.45, 7) is 0. The predicted molar refractivity (Wildman–Crippen MR) is 71.1 cm³/mol. The average Bonchev–Trinajstić information content (AvgIpc) is 2.37. The Balaban J connectivity index is 2.23. The molecule has 2 aromatic carbocycles. The van der Waals surface area contributed by atoms with E-state index in [0.29, 0.717) is 0 Å². The molecule has 2 rings (SSSR count). The molecule has 2 aromatic rings. The molecule has 0 aliphatic rings. The van der Waals surface area contributed by atoms with Crippen LogP contribution >= 0.6 is 0 Å². The molecule has 21 heavy (non-hydrogen) atoms. The lowest BCUT2D eigenvalue weighted by Gasteiger charge is -2.08. The molecule has 1 amide bonds. The fourth-order valence-electron chi connectivity index (χ4n) is 1.68. The van der Waals surface area contributed by atoms with Gasteiger partial charge in [-0.2, -0.15) is 0 Å². The lowest BCUT2D eigenvalue weighted by atomic mass is 10.1. The molecule has 0 atom stereocenters. The maximum Gasteiger partial charge on any atom is 0.339 e. The Bertz CT molecular complexity index is 729. The SMILES string of the molecule is O=C(O)c1ccc(NC(=O)c2ccc(O)cc2F)cc1O. The van der Waals surface area contributed by atoms with E-state index in [1.165, 1.54) is 6.07 Å². The molecule has 4 N–H and O–H groups in total. The van der Waals surface area contributed by atoms with Crippen molar-refractivity contribution in [2.24, 2.45) is 0 Å². The highest BCUT2D eigenvalue weighted by Crippen LogP contribution is 2.23. The molecular weight excluding hydrogens is 281 g/mol. The monoisotopic (exact) mass is 291 g/mol. The number of phenols is 2. The van der Waals surface area contributed by atoms with Crippen LogP contribution in [0.25, 0.3) is 0 Å². The van der Waals surface area contributed by atoms with Gasteiger partial charge in [0.05, 0.1) is 5.56 Å². The number of phenolic OH excluding ortho intramolecular Hbond substituents is 1. The number of benzene rings is 2. The van der Waals surface area contributed by atoms with E-state index in [1.54, 1.807) is 0 Å². The zero-order valence-electron chi connectivity index (χ0n) is 10.5. The van der Waals surface area contributed by atoms with E-state index in [0.717, 1.165) is 30.3 Å². The van der Waals surface area contributed by atoms with Crippen molar-refractivity contribution in [2.75, 3.05) is 5.32 Å². The molecule has 7 heteroatoms. The number of amides is 1. The third-order valence-corrected chi connectivity index (χ3v) is 2.68. The van der Waals surface area contributed by atoms with E-state index < -0.39 is 23.4 Å². The van der Waals surface area contributed by atoms with Gasteiger partial charge in [0.25, 0.3) is 5.91 Å². The van der Waals surface area contributed by atoms with Gasteiger partial charge in [-0.05, 0) is 24.3 Å². The minimum absolute atomic E-state index is 0.106. The second-order valence-corrected chi connectivity index (χ2v) is 4.16. The number of halogens is 1. The van der Waals surface area contributed by atoms with Crippen molar-refractivity contribution in [3.8, 4) is 11.5 Å². The van der Waals surface area contributed by atoms with Crippen LogP contribution in [0.4, 0.5) is 10.1 Å². The van der Waals surface area contributed by atoms with Gasteiger partial charge in [0.1, 0.15) is 22.9 Å². The highest BCUT2D eigenvalue weighted by Gasteiger charge is 2.14. The first-order valence-corrected chi connectivity index (χ1v) is 5.74. The Hall–Kier alpha value is -3.09. The first-order chi connectivity index (χ1) is 9.88. The minimum Gasteiger partial charge on any atom is -0.508 e. The Labute approximate surface area is 118 Å². The summed E-state index contributed by atoms with van der Waals surface area (Å²) in [5.74, 6) is -3.84. The van der Waals surface area contributed by atoms with Crippen LogP contribution in [0.2, 0.25) is 0 Å². The van der Waals surface area contributed by atoms with Gasteiger partial charge >= 0.3 is 5.97 Å². The third kappa shape index (κ3) is 3.08. The first-order valence-electron chi connectivity index (χ1n) is 5.74. The summed E-state index contributed by atoms with van der Waals surface area (Å²) in [5.41, 5.74) is -0.506. The van der Waals surface area contributed by atoms with Gasteiger partial charge < -0.3 is 20.6 Å². The summed E-state index contributed by atoms with van der Waals surface area (Å²) >= 11 is 0. The van der Waals surface area contributed by atoms with Crippen LogP contribution in [-0.4, -0.2) is 27.2 Å². The van der Waals surface area contributed by atoms with E-state index in [2.05, 4.69) is 5.32 Å². The predicted octanol–water partition coefficient (Wildman–Crippen LogP) is 2.19. The van der Waals surface area contributed by atoms with E-state index in [4.69, 9.17) is 10.2 Å². The third-order valence-electron chi connectivity index (χ3n) is 2.68. The van der Waals surface area contributed by atoms with Gasteiger partial charge in [0.2, 0.25) is 0 Å². The second-order valence-electron chi connectivity index (χ2n) is 4.16. The Kier molecular flexibility index (Phi) is 3.75. The van der Waals surface area contributed by atoms with Crippen molar-refractivity contribution in [3.63, 3.8) is 0 Å². The van der Waals surface area contributed by atoms with Crippen molar-refractivity contribution in [2.45, 2.75) is 0 Å². The van der Waals surface area contributed by atoms with Crippen LogP contribution in [0, 0.1) is 5.82 Å². The number of hydrogen-bond donors (Lipinski definition) is 4. The van der Waals surface area contributed by atoms with Crippen LogP contribution in [-0.2, 0) is 0 Å². The molecule has 0 unspecified atom stereocenters. The van der Waals surface area contributed by atoms with Gasteiger partial charge in [0, 0.05) is 17.8 Å². The van der Waals surface area contributed by atoms with Crippen LogP contribution in [0.1, 0.15) is 20.7 Å². The number of hydrogen-bond acceptors (Lipinski definition) is 4. The molecule has 0 spiro atoms. The Morgan fingerprint density at radius 1 is 1.00 bits per heavy atom. The highest BCUT2D eigenvalue weighted by molar-refractivity contribution is 6.05. The average molecular weight is 291 g/mol. The molecule has 0 fully saturated rings. The van der Waals surface area contributed by atoms with Gasteiger partial charge in [0.15, 0.2) is 0 Å². The van der Waals surface area contributed by atoms with Gasteiger partial charge in [-0.15, -0.1) is 0 Å². The number of aromatic carboxylic acids is 1. The Morgan fingerprint density at radius 3 is 2.24 bits per heavy atom. The maximum absolute atomic E-state index is 13.5. The normalized spacial score (nSPS) is 10.1. The number of rotatable bonds is 3. The number of carbonyl (C=O) groups excluding carboxylic acids is 1. The molecule has 0 saturated heterocycles. The number of carbonyl (C=O) groups is 2. The minimum atomic E-state index is -1.31. The fraction of sp³-hybridized carbons (Fsp3) is 0. The van der Waals surface area contributed by atoms with Gasteiger partial charge in [-0.25, -0.2) is 9.18 Å². The molecule has 0 saturated carbocycles. The number of anilines is 1. The quantitative estimate of drug-likeness (QED) is 0.693. The lowest BCUT2D eigenvalue weighted by Crippen LogP contribution is -2.13. The van der Waals surface area contributed by atoms with Gasteiger partial charge in [-0.1, -0.05) is 0 Å². The Morgan fingerprint density at radius 2 is 1.67 bits per heavy atom. The molecule has 6 nitrogen and oxygen atoms in total. The number of carboxylic acid groups (broad SMARTS) is 1. The van der Waals surface area contributed by atoms with Crippen molar-refractivity contribution in [1.29, 1.82) is 0 Å². The summed E-state index contributed by atoms with van der Waals surface area (Å²) in [6, 6.07) is 6.47. The van der Waals surface area contributed by atoms with E-state index >= 15 is 0 Å². The fourth-order valence-corrected chi connectivity index (χ4v) is 1.68. The summed E-state index contributed by atoms with van der Waals surface area (Å²) in [7, 11) is 0. The van der Waals surface area contributed by atoms with E-state index in [1.807, 2.05) is 0 Å². The molecule has 0 aliphatic carbocycles. The molecule has 108 valence electrons. The van der Waals surface area contributed by atoms with E-state index in [9.17, 15) is 19.1 Å².